The third kappa shape index (κ3) is 4.23. The monoisotopic (exact) mass is 291 g/mol. The number of rotatable bonds is 2. The standard InChI is InChI=1S/C18H29NO2/c1-12(2)19(21)11-13-9-14(17(3,4)5)16(20)15(10-13)18(6,7)8/h9-12,20H,1-8H3. The molecule has 0 amide bonds. The summed E-state index contributed by atoms with van der Waals surface area (Å²) < 4.78 is 0.950. The van der Waals surface area contributed by atoms with E-state index < -0.39 is 0 Å². The van der Waals surface area contributed by atoms with Crippen LogP contribution in [0.25, 0.3) is 0 Å². The van der Waals surface area contributed by atoms with Gasteiger partial charge in [-0.05, 0) is 36.8 Å². The first-order chi connectivity index (χ1) is 9.34. The van der Waals surface area contributed by atoms with Crippen LogP contribution in [0.2, 0.25) is 0 Å². The van der Waals surface area contributed by atoms with Gasteiger partial charge in [0.2, 0.25) is 0 Å². The summed E-state index contributed by atoms with van der Waals surface area (Å²) in [6.07, 6.45) is 1.61. The van der Waals surface area contributed by atoms with Crippen LogP contribution in [0.5, 0.6) is 5.75 Å². The van der Waals surface area contributed by atoms with Crippen molar-refractivity contribution in [2.24, 2.45) is 0 Å². The van der Waals surface area contributed by atoms with Crippen LogP contribution in [-0.2, 0) is 10.8 Å². The lowest BCUT2D eigenvalue weighted by Gasteiger charge is -2.27. The quantitative estimate of drug-likeness (QED) is 0.381. The Kier molecular flexibility index (Phi) is 4.76. The predicted molar refractivity (Wildman–Crippen MR) is 89.4 cm³/mol. The van der Waals surface area contributed by atoms with E-state index in [0.29, 0.717) is 5.75 Å². The van der Waals surface area contributed by atoms with E-state index >= 15 is 0 Å². The Balaban J connectivity index is 3.59. The van der Waals surface area contributed by atoms with Crippen molar-refractivity contribution >= 4 is 6.21 Å². The van der Waals surface area contributed by atoms with E-state index in [9.17, 15) is 10.3 Å². The Morgan fingerprint density at radius 1 is 1.00 bits per heavy atom. The smallest absolute Gasteiger partial charge is 0.182 e. The molecule has 0 atom stereocenters. The van der Waals surface area contributed by atoms with E-state index in [1.807, 2.05) is 26.0 Å². The number of phenolic OH excluding ortho intramolecular Hbond substituents is 1. The molecule has 0 aliphatic rings. The lowest BCUT2D eigenvalue weighted by Crippen LogP contribution is -2.19. The Hall–Kier alpha value is -1.51. The average Bonchev–Trinajstić information content (AvgIpc) is 2.27. The van der Waals surface area contributed by atoms with Gasteiger partial charge in [0.05, 0.1) is 0 Å². The van der Waals surface area contributed by atoms with Crippen LogP contribution in [0, 0.1) is 5.21 Å². The Labute approximate surface area is 128 Å². The molecule has 1 N–H and O–H groups in total. The molecule has 0 fully saturated rings. The maximum absolute atomic E-state index is 11.9. The average molecular weight is 291 g/mol. The van der Waals surface area contributed by atoms with Crippen molar-refractivity contribution in [2.45, 2.75) is 72.3 Å². The van der Waals surface area contributed by atoms with Gasteiger partial charge in [-0.3, -0.25) is 0 Å². The van der Waals surface area contributed by atoms with Gasteiger partial charge >= 0.3 is 0 Å². The molecule has 3 heteroatoms. The second-order valence-electron chi connectivity index (χ2n) is 8.05. The van der Waals surface area contributed by atoms with Crippen LogP contribution in [0.3, 0.4) is 0 Å². The van der Waals surface area contributed by atoms with Gasteiger partial charge in [-0.25, -0.2) is 4.74 Å². The lowest BCUT2D eigenvalue weighted by molar-refractivity contribution is -0.487. The molecule has 0 spiro atoms. The minimum Gasteiger partial charge on any atom is -0.624 e. The number of hydrogen-bond donors (Lipinski definition) is 1. The molecule has 1 rings (SSSR count). The maximum Gasteiger partial charge on any atom is 0.182 e. The van der Waals surface area contributed by atoms with Crippen molar-refractivity contribution in [3.63, 3.8) is 0 Å². The topological polar surface area (TPSA) is 46.3 Å². The molecule has 0 unspecified atom stereocenters. The summed E-state index contributed by atoms with van der Waals surface area (Å²) >= 11 is 0. The van der Waals surface area contributed by atoms with E-state index in [1.165, 1.54) is 0 Å². The number of hydrogen-bond acceptors (Lipinski definition) is 2. The molecule has 1 aromatic rings. The number of hydroxylamine groups is 1. The molecule has 1 aromatic carbocycles. The second-order valence-corrected chi connectivity index (χ2v) is 8.05. The second kappa shape index (κ2) is 5.70. The summed E-state index contributed by atoms with van der Waals surface area (Å²) in [6.45, 7) is 16.1. The molecule has 0 saturated heterocycles. The number of aromatic hydroxyl groups is 1. The molecule has 0 aliphatic heterocycles. The molecule has 0 heterocycles. The van der Waals surface area contributed by atoms with Gasteiger partial charge in [-0.15, -0.1) is 0 Å². The molecule has 0 radical (unpaired) electrons. The minimum atomic E-state index is -0.181. The fourth-order valence-electron chi connectivity index (χ4n) is 2.17. The van der Waals surface area contributed by atoms with Crippen LogP contribution >= 0.6 is 0 Å². The highest BCUT2D eigenvalue weighted by Gasteiger charge is 2.26. The van der Waals surface area contributed by atoms with E-state index in [2.05, 4.69) is 41.5 Å². The van der Waals surface area contributed by atoms with Crippen LogP contribution in [0.1, 0.15) is 72.1 Å². The van der Waals surface area contributed by atoms with Gasteiger partial charge in [-0.1, -0.05) is 41.5 Å². The third-order valence-corrected chi connectivity index (χ3v) is 3.53. The van der Waals surface area contributed by atoms with Crippen molar-refractivity contribution < 1.29 is 9.85 Å². The van der Waals surface area contributed by atoms with Crippen LogP contribution < -0.4 is 0 Å². The number of nitrogens with zero attached hydrogens (tertiary/aromatic N) is 1. The highest BCUT2D eigenvalue weighted by molar-refractivity contribution is 5.78. The highest BCUT2D eigenvalue weighted by atomic mass is 16.5. The van der Waals surface area contributed by atoms with Crippen molar-refractivity contribution in [3.8, 4) is 5.75 Å². The maximum atomic E-state index is 11.9. The SMILES string of the molecule is CC(C)[N+]([O-])=Cc1cc(C(C)(C)C)c(O)c(C(C)(C)C)c1. The van der Waals surface area contributed by atoms with Crippen molar-refractivity contribution in [3.05, 3.63) is 34.0 Å². The van der Waals surface area contributed by atoms with Gasteiger partial charge in [0, 0.05) is 16.7 Å². The van der Waals surface area contributed by atoms with Gasteiger partial charge in [0.1, 0.15) is 5.75 Å². The first-order valence-corrected chi connectivity index (χ1v) is 7.52. The number of phenols is 1. The fraction of sp³-hybridized carbons (Fsp3) is 0.611. The Morgan fingerprint density at radius 2 is 1.38 bits per heavy atom. The molecule has 3 nitrogen and oxygen atoms in total. The van der Waals surface area contributed by atoms with E-state index in [4.69, 9.17) is 0 Å². The minimum absolute atomic E-state index is 0.102. The molecular weight excluding hydrogens is 262 g/mol. The molecule has 0 bridgehead atoms. The summed E-state index contributed by atoms with van der Waals surface area (Å²) in [5.41, 5.74) is 2.22. The zero-order valence-corrected chi connectivity index (χ0v) is 14.6. The molecular formula is C18H29NO2. The first-order valence-electron chi connectivity index (χ1n) is 7.52. The summed E-state index contributed by atoms with van der Waals surface area (Å²) in [5.74, 6) is 0.342. The van der Waals surface area contributed by atoms with Gasteiger partial charge < -0.3 is 10.3 Å². The Bertz CT molecular complexity index is 508. The summed E-state index contributed by atoms with van der Waals surface area (Å²) in [7, 11) is 0. The first kappa shape index (κ1) is 17.5. The fourth-order valence-corrected chi connectivity index (χ4v) is 2.17. The molecule has 118 valence electrons. The summed E-state index contributed by atoms with van der Waals surface area (Å²) in [6, 6.07) is 3.73. The summed E-state index contributed by atoms with van der Waals surface area (Å²) in [4.78, 5) is 0. The highest BCUT2D eigenvalue weighted by Crippen LogP contribution is 2.39. The van der Waals surface area contributed by atoms with Crippen molar-refractivity contribution in [2.75, 3.05) is 0 Å². The van der Waals surface area contributed by atoms with Crippen molar-refractivity contribution in [1.29, 1.82) is 0 Å². The molecule has 0 saturated carbocycles. The largest absolute Gasteiger partial charge is 0.624 e. The van der Waals surface area contributed by atoms with Gasteiger partial charge in [0.15, 0.2) is 12.3 Å². The molecule has 21 heavy (non-hydrogen) atoms. The van der Waals surface area contributed by atoms with Crippen LogP contribution in [0.4, 0.5) is 0 Å². The van der Waals surface area contributed by atoms with Crippen LogP contribution in [-0.4, -0.2) is 22.1 Å². The van der Waals surface area contributed by atoms with Crippen LogP contribution in [0.15, 0.2) is 12.1 Å². The van der Waals surface area contributed by atoms with E-state index in [0.717, 1.165) is 21.4 Å². The third-order valence-electron chi connectivity index (χ3n) is 3.53. The van der Waals surface area contributed by atoms with E-state index in [1.54, 1.807) is 6.21 Å². The summed E-state index contributed by atoms with van der Waals surface area (Å²) in [5, 5.41) is 22.5. The zero-order chi connectivity index (χ0) is 16.6. The normalized spacial score (nSPS) is 13.9. The molecule has 0 aromatic heterocycles. The van der Waals surface area contributed by atoms with Crippen molar-refractivity contribution in [1.82, 2.24) is 0 Å². The predicted octanol–water partition coefficient (Wildman–Crippen LogP) is 4.32. The molecule has 0 aliphatic carbocycles. The van der Waals surface area contributed by atoms with Gasteiger partial charge in [0.25, 0.3) is 0 Å². The van der Waals surface area contributed by atoms with E-state index in [-0.39, 0.29) is 16.9 Å². The van der Waals surface area contributed by atoms with Gasteiger partial charge in [-0.2, -0.15) is 0 Å². The number of benzene rings is 1. The lowest BCUT2D eigenvalue weighted by atomic mass is 9.78. The zero-order valence-electron chi connectivity index (χ0n) is 14.6. The Morgan fingerprint density at radius 3 is 1.67 bits per heavy atom.